The third kappa shape index (κ3) is 11.8. The first-order valence-corrected chi connectivity index (χ1v) is 38.3. The summed E-state index contributed by atoms with van der Waals surface area (Å²) in [5, 5.41) is 1.40. The van der Waals surface area contributed by atoms with E-state index in [1.807, 2.05) is 30.3 Å². The number of rotatable bonds is 9. The number of para-hydroxylation sites is 3. The van der Waals surface area contributed by atoms with Gasteiger partial charge in [0.15, 0.2) is 5.58 Å². The molecule has 0 saturated heterocycles. The lowest BCUT2D eigenvalue weighted by Crippen LogP contribution is -2.61. The SMILES string of the molecule is [2H]c1c([2H])c([2H])c2c(c1[2H])c1c([2H])c([2H])c([2H])c([2H])c1n2-c1cc(-c2cc3c4c(c2)N(c2c(-c5ccccc5)cc(C(C)(C)C)cc2-c2ccccc2)c2cc(C(C)(C)C)ccc2B4c2ccc(-c4cc(C(C)(C)C)cc(C(C)(C)C)c4)cc2N3c2c(-c3ccccc3)cc(C(C)(C)C)cc2-c2ccccc2)cc2c1oc1ccccc12. The van der Waals surface area contributed by atoms with Gasteiger partial charge in [0.1, 0.15) is 5.58 Å². The normalized spacial score (nSPS) is 14.2. The number of anilines is 6. The Balaban J connectivity index is 1.09. The summed E-state index contributed by atoms with van der Waals surface area (Å²) in [7, 11) is 0. The van der Waals surface area contributed by atoms with Gasteiger partial charge in [-0.25, -0.2) is 0 Å². The van der Waals surface area contributed by atoms with Crippen molar-refractivity contribution in [1.29, 1.82) is 0 Å². The number of fused-ring (bicyclic) bond motifs is 10. The first-order valence-electron chi connectivity index (χ1n) is 42.3. The molecular formula is C104H94BN3O. The second-order valence-corrected chi connectivity index (χ2v) is 35.2. The van der Waals surface area contributed by atoms with E-state index >= 15 is 0 Å². The van der Waals surface area contributed by atoms with Gasteiger partial charge in [-0.05, 0) is 195 Å². The minimum absolute atomic E-state index is 0.00914. The molecule has 534 valence electrons. The Kier molecular flexibility index (Phi) is 14.1. The molecule has 0 radical (unpaired) electrons. The van der Waals surface area contributed by atoms with Gasteiger partial charge < -0.3 is 18.8 Å². The fourth-order valence-corrected chi connectivity index (χ4v) is 16.7. The number of nitrogens with zero attached hydrogens (tertiary/aromatic N) is 3. The van der Waals surface area contributed by atoms with E-state index in [9.17, 15) is 8.22 Å². The van der Waals surface area contributed by atoms with E-state index in [0.29, 0.717) is 27.8 Å². The Morgan fingerprint density at radius 1 is 0.284 bits per heavy atom. The van der Waals surface area contributed by atoms with E-state index in [2.05, 4.69) is 332 Å². The molecule has 4 nitrogen and oxygen atoms in total. The molecule has 0 bridgehead atoms. The van der Waals surface area contributed by atoms with Crippen LogP contribution in [0.25, 0.3) is 116 Å². The van der Waals surface area contributed by atoms with Crippen molar-refractivity contribution in [2.45, 2.75) is 131 Å². The van der Waals surface area contributed by atoms with Gasteiger partial charge >= 0.3 is 0 Å². The highest BCUT2D eigenvalue weighted by molar-refractivity contribution is 7.00. The summed E-state index contributed by atoms with van der Waals surface area (Å²) in [5.41, 5.74) is 27.0. The summed E-state index contributed by atoms with van der Waals surface area (Å²) >= 11 is 0. The van der Waals surface area contributed by atoms with Crippen molar-refractivity contribution >= 4 is 101 Å². The van der Waals surface area contributed by atoms with Crippen LogP contribution in [0, 0.1) is 0 Å². The summed E-state index contributed by atoms with van der Waals surface area (Å²) in [4.78, 5) is 5.19. The molecule has 14 aromatic carbocycles. The van der Waals surface area contributed by atoms with Crippen LogP contribution in [0.2, 0.25) is 0 Å². The number of aromatic nitrogens is 1. The maximum absolute atomic E-state index is 9.98. The van der Waals surface area contributed by atoms with Crippen LogP contribution in [-0.4, -0.2) is 11.3 Å². The Hall–Kier alpha value is -11.7. The number of benzene rings is 14. The largest absolute Gasteiger partial charge is 0.454 e. The summed E-state index contributed by atoms with van der Waals surface area (Å²) in [6, 6.07) is 87.9. The summed E-state index contributed by atoms with van der Waals surface area (Å²) in [5.74, 6) is 0. The lowest BCUT2D eigenvalue weighted by atomic mass is 9.33. The predicted octanol–water partition coefficient (Wildman–Crippen LogP) is 27.3. The third-order valence-corrected chi connectivity index (χ3v) is 22.7. The minimum Gasteiger partial charge on any atom is -0.454 e. The fraction of sp³-hybridized carbons (Fsp3) is 0.192. The van der Waals surface area contributed by atoms with Crippen LogP contribution in [0.3, 0.4) is 0 Å². The summed E-state index contributed by atoms with van der Waals surface area (Å²) in [6.45, 7) is 34.1. The van der Waals surface area contributed by atoms with Gasteiger partial charge in [0.2, 0.25) is 0 Å². The van der Waals surface area contributed by atoms with Crippen LogP contribution in [-0.2, 0) is 27.1 Å². The molecule has 0 atom stereocenters. The van der Waals surface area contributed by atoms with Gasteiger partial charge in [-0.2, -0.15) is 0 Å². The van der Waals surface area contributed by atoms with Crippen molar-refractivity contribution in [2.75, 3.05) is 9.80 Å². The Bertz CT molecular complexity index is 6580. The van der Waals surface area contributed by atoms with Crippen LogP contribution < -0.4 is 26.2 Å². The van der Waals surface area contributed by atoms with Crippen LogP contribution in [0.5, 0.6) is 0 Å². The van der Waals surface area contributed by atoms with Crippen molar-refractivity contribution in [3.8, 4) is 72.4 Å². The lowest BCUT2D eigenvalue weighted by molar-refractivity contribution is 0.569. The van der Waals surface area contributed by atoms with Gasteiger partial charge in [-0.15, -0.1) is 0 Å². The second-order valence-electron chi connectivity index (χ2n) is 35.2. The highest BCUT2D eigenvalue weighted by Gasteiger charge is 2.47. The smallest absolute Gasteiger partial charge is 0.252 e. The van der Waals surface area contributed by atoms with Crippen molar-refractivity contribution in [3.05, 3.63) is 325 Å². The fourth-order valence-electron chi connectivity index (χ4n) is 16.7. The average Bonchev–Trinajstić information content (AvgIpc) is 1.53. The number of hydrogen-bond acceptors (Lipinski definition) is 3. The first-order chi connectivity index (χ1) is 55.5. The molecule has 5 heteroatoms. The van der Waals surface area contributed by atoms with Crippen LogP contribution in [0.4, 0.5) is 34.1 Å². The van der Waals surface area contributed by atoms with Crippen molar-refractivity contribution < 1.29 is 15.4 Å². The molecule has 0 unspecified atom stereocenters. The van der Waals surface area contributed by atoms with Crippen molar-refractivity contribution in [3.63, 3.8) is 0 Å². The molecule has 0 aliphatic carbocycles. The lowest BCUT2D eigenvalue weighted by Gasteiger charge is -2.46. The van der Waals surface area contributed by atoms with E-state index in [1.54, 1.807) is 4.57 Å². The molecule has 0 saturated carbocycles. The monoisotopic (exact) mass is 1420 g/mol. The van der Waals surface area contributed by atoms with Crippen LogP contribution in [0.1, 0.15) is 143 Å². The zero-order valence-corrected chi connectivity index (χ0v) is 65.0. The van der Waals surface area contributed by atoms with Crippen molar-refractivity contribution in [1.82, 2.24) is 4.57 Å². The molecule has 2 aromatic heterocycles. The van der Waals surface area contributed by atoms with E-state index in [0.717, 1.165) is 123 Å². The highest BCUT2D eigenvalue weighted by Crippen LogP contribution is 2.57. The zero-order valence-electron chi connectivity index (χ0n) is 73.0. The summed E-state index contributed by atoms with van der Waals surface area (Å²) < 4.78 is 85.2. The predicted molar refractivity (Wildman–Crippen MR) is 468 cm³/mol. The highest BCUT2D eigenvalue weighted by atomic mass is 16.3. The van der Waals surface area contributed by atoms with E-state index < -0.39 is 55.1 Å². The zero-order chi connectivity index (χ0) is 82.3. The van der Waals surface area contributed by atoms with Gasteiger partial charge in [-0.3, -0.25) is 0 Å². The third-order valence-electron chi connectivity index (χ3n) is 22.7. The topological polar surface area (TPSA) is 24.6 Å². The van der Waals surface area contributed by atoms with Crippen LogP contribution >= 0.6 is 0 Å². The Morgan fingerprint density at radius 3 is 1.10 bits per heavy atom. The van der Waals surface area contributed by atoms with Gasteiger partial charge in [0, 0.05) is 66.5 Å². The Labute approximate surface area is 655 Å². The second kappa shape index (κ2) is 25.5. The molecule has 109 heavy (non-hydrogen) atoms. The molecule has 16 aromatic rings. The molecule has 0 fully saturated rings. The molecule has 0 spiro atoms. The molecule has 2 aliphatic heterocycles. The van der Waals surface area contributed by atoms with E-state index in [1.165, 1.54) is 22.3 Å². The molecular weight excluding hydrogens is 1320 g/mol. The molecule has 0 amide bonds. The van der Waals surface area contributed by atoms with Crippen LogP contribution in [0.15, 0.2) is 301 Å². The Morgan fingerprint density at radius 2 is 0.651 bits per heavy atom. The molecule has 18 rings (SSSR count). The van der Waals surface area contributed by atoms with Gasteiger partial charge in [0.25, 0.3) is 6.71 Å². The van der Waals surface area contributed by atoms with E-state index in [-0.39, 0.29) is 48.9 Å². The standard InChI is InChI=1S/C104H94BN3O/c1-100(2,3)73-49-51-87-91(64-73)108(98-83(67-38-24-18-25-39-67)62-77(104(13,14)15)63-84(98)68-40-26-19-27-41-68)93-57-72(71-54-85-80-44-30-33-47-95(80)109-99(85)94(58-71)106-88-45-31-28-42-78(88)79-43-29-32-46-89(79)106)56-92-96(93)105(87)86-50-48-69(70-52-74(101(4,5)6)59-75(53-70)102(7,8)9)55-90(86)107(92)97-81(65-34-20-16-21-35-65)60-76(103(10,11)12)61-82(97)66-36-22-17-23-37-66/h16-64H,1-15H3/i28D,29D,31D,32D,42D,43D,45D,46D. The molecule has 0 N–H and O–H groups in total. The number of furan rings is 1. The quantitative estimate of drug-likeness (QED) is 0.135. The average molecular weight is 1420 g/mol. The maximum Gasteiger partial charge on any atom is 0.252 e. The molecule has 4 heterocycles. The minimum atomic E-state index is -0.521. The van der Waals surface area contributed by atoms with Gasteiger partial charge in [0.05, 0.1) is 39.1 Å². The van der Waals surface area contributed by atoms with E-state index in [4.69, 9.17) is 7.16 Å². The van der Waals surface area contributed by atoms with Crippen molar-refractivity contribution in [2.24, 2.45) is 0 Å². The van der Waals surface area contributed by atoms with Gasteiger partial charge in [-0.1, -0.05) is 322 Å². The summed E-state index contributed by atoms with van der Waals surface area (Å²) in [6.07, 6.45) is 0. The molecule has 2 aliphatic rings. The number of hydrogen-bond donors (Lipinski definition) is 0. The maximum atomic E-state index is 9.98. The first kappa shape index (κ1) is 60.4.